The third kappa shape index (κ3) is 1.96. The standard InChI is InChI=1S/C14H17ClN2/c1-9-11-8-10(15)5-6-12(11)17-14(9)13-4-2-3-7-16-13/h5-6,8,13,16-17H,2-4,7H2,1H3. The maximum Gasteiger partial charge on any atom is 0.0475 e. The van der Waals surface area contributed by atoms with Crippen LogP contribution in [0.1, 0.15) is 36.6 Å². The molecule has 2 heterocycles. The quantitative estimate of drug-likeness (QED) is 0.786. The molecule has 0 amide bonds. The van der Waals surface area contributed by atoms with Crippen molar-refractivity contribution in [1.82, 2.24) is 10.3 Å². The number of H-pyrrole nitrogens is 1. The van der Waals surface area contributed by atoms with Crippen LogP contribution in [-0.2, 0) is 0 Å². The Balaban J connectivity index is 2.07. The third-order valence-corrected chi connectivity index (χ3v) is 3.95. The van der Waals surface area contributed by atoms with Crippen LogP contribution in [0, 0.1) is 6.92 Å². The van der Waals surface area contributed by atoms with Gasteiger partial charge in [-0.15, -0.1) is 0 Å². The molecule has 1 unspecified atom stereocenters. The second kappa shape index (κ2) is 4.35. The van der Waals surface area contributed by atoms with Crippen LogP contribution in [-0.4, -0.2) is 11.5 Å². The van der Waals surface area contributed by atoms with Gasteiger partial charge in [-0.05, 0) is 50.1 Å². The summed E-state index contributed by atoms with van der Waals surface area (Å²) in [7, 11) is 0. The van der Waals surface area contributed by atoms with E-state index in [1.54, 1.807) is 0 Å². The molecule has 1 aliphatic heterocycles. The largest absolute Gasteiger partial charge is 0.357 e. The first-order valence-electron chi connectivity index (χ1n) is 6.27. The van der Waals surface area contributed by atoms with Gasteiger partial charge in [0.1, 0.15) is 0 Å². The number of benzene rings is 1. The number of halogens is 1. The highest BCUT2D eigenvalue weighted by molar-refractivity contribution is 6.31. The van der Waals surface area contributed by atoms with Gasteiger partial charge in [-0.1, -0.05) is 18.0 Å². The Morgan fingerprint density at radius 1 is 1.29 bits per heavy atom. The van der Waals surface area contributed by atoms with Crippen molar-refractivity contribution < 1.29 is 0 Å². The molecule has 1 aromatic heterocycles. The van der Waals surface area contributed by atoms with Crippen molar-refractivity contribution >= 4 is 22.5 Å². The molecule has 2 nitrogen and oxygen atoms in total. The summed E-state index contributed by atoms with van der Waals surface area (Å²) in [5, 5.41) is 5.65. The van der Waals surface area contributed by atoms with E-state index in [-0.39, 0.29) is 0 Å². The van der Waals surface area contributed by atoms with E-state index in [0.29, 0.717) is 6.04 Å². The summed E-state index contributed by atoms with van der Waals surface area (Å²) in [5.41, 5.74) is 3.86. The monoisotopic (exact) mass is 248 g/mol. The van der Waals surface area contributed by atoms with Crippen LogP contribution in [0.25, 0.3) is 10.9 Å². The molecule has 2 aromatic rings. The van der Waals surface area contributed by atoms with Crippen molar-refractivity contribution in [1.29, 1.82) is 0 Å². The number of aryl methyl sites for hydroxylation is 1. The van der Waals surface area contributed by atoms with E-state index in [9.17, 15) is 0 Å². The van der Waals surface area contributed by atoms with Gasteiger partial charge < -0.3 is 10.3 Å². The van der Waals surface area contributed by atoms with Crippen molar-refractivity contribution in [2.75, 3.05) is 6.54 Å². The lowest BCUT2D eigenvalue weighted by Gasteiger charge is -2.23. The number of aromatic nitrogens is 1. The van der Waals surface area contributed by atoms with E-state index >= 15 is 0 Å². The number of rotatable bonds is 1. The summed E-state index contributed by atoms with van der Waals surface area (Å²) in [5.74, 6) is 0. The zero-order chi connectivity index (χ0) is 11.8. The summed E-state index contributed by atoms with van der Waals surface area (Å²) in [6.07, 6.45) is 3.83. The molecule has 1 aromatic carbocycles. The van der Waals surface area contributed by atoms with Gasteiger partial charge in [-0.3, -0.25) is 0 Å². The van der Waals surface area contributed by atoms with Gasteiger partial charge in [0.25, 0.3) is 0 Å². The second-order valence-electron chi connectivity index (χ2n) is 4.86. The molecule has 0 radical (unpaired) electrons. The average molecular weight is 249 g/mol. The fourth-order valence-electron chi connectivity index (χ4n) is 2.77. The van der Waals surface area contributed by atoms with Crippen LogP contribution in [0.2, 0.25) is 5.02 Å². The summed E-state index contributed by atoms with van der Waals surface area (Å²) in [6.45, 7) is 3.31. The molecule has 17 heavy (non-hydrogen) atoms. The second-order valence-corrected chi connectivity index (χ2v) is 5.29. The lowest BCUT2D eigenvalue weighted by molar-refractivity contribution is 0.405. The Morgan fingerprint density at radius 2 is 2.18 bits per heavy atom. The maximum absolute atomic E-state index is 6.06. The molecule has 90 valence electrons. The Bertz CT molecular complexity index is 538. The highest BCUT2D eigenvalue weighted by Crippen LogP contribution is 2.31. The number of piperidine rings is 1. The first kappa shape index (κ1) is 11.1. The predicted octanol–water partition coefficient (Wildman–Crippen LogP) is 3.94. The van der Waals surface area contributed by atoms with E-state index in [1.807, 2.05) is 6.07 Å². The van der Waals surface area contributed by atoms with E-state index in [4.69, 9.17) is 11.6 Å². The third-order valence-electron chi connectivity index (χ3n) is 3.72. The highest BCUT2D eigenvalue weighted by atomic mass is 35.5. The molecule has 0 bridgehead atoms. The van der Waals surface area contributed by atoms with Crippen molar-refractivity contribution in [3.63, 3.8) is 0 Å². The Hall–Kier alpha value is -0.990. The van der Waals surface area contributed by atoms with E-state index in [1.165, 1.54) is 41.4 Å². The van der Waals surface area contributed by atoms with Crippen LogP contribution in [0.3, 0.4) is 0 Å². The number of hydrogen-bond acceptors (Lipinski definition) is 1. The molecule has 2 N–H and O–H groups in total. The van der Waals surface area contributed by atoms with Gasteiger partial charge in [0.05, 0.1) is 0 Å². The minimum Gasteiger partial charge on any atom is -0.357 e. The first-order chi connectivity index (χ1) is 8.25. The van der Waals surface area contributed by atoms with Gasteiger partial charge in [-0.2, -0.15) is 0 Å². The normalized spacial score (nSPS) is 20.9. The van der Waals surface area contributed by atoms with Gasteiger partial charge in [0.15, 0.2) is 0 Å². The number of aromatic amines is 1. The molecule has 1 saturated heterocycles. The van der Waals surface area contributed by atoms with Gasteiger partial charge in [0, 0.05) is 27.7 Å². The SMILES string of the molecule is Cc1c(C2CCCCN2)[nH]c2ccc(Cl)cc12. The molecule has 0 aliphatic carbocycles. The summed E-state index contributed by atoms with van der Waals surface area (Å²) in [4.78, 5) is 3.54. The minimum atomic E-state index is 0.481. The molecule has 0 saturated carbocycles. The van der Waals surface area contributed by atoms with Crippen molar-refractivity contribution in [3.05, 3.63) is 34.5 Å². The molecule has 3 heteroatoms. The molecular weight excluding hydrogens is 232 g/mol. The van der Waals surface area contributed by atoms with Crippen LogP contribution in [0.5, 0.6) is 0 Å². The van der Waals surface area contributed by atoms with Gasteiger partial charge >= 0.3 is 0 Å². The Morgan fingerprint density at radius 3 is 2.94 bits per heavy atom. The van der Waals surface area contributed by atoms with E-state index < -0.39 is 0 Å². The fraction of sp³-hybridized carbons (Fsp3) is 0.429. The van der Waals surface area contributed by atoms with Crippen LogP contribution < -0.4 is 5.32 Å². The lowest BCUT2D eigenvalue weighted by Crippen LogP contribution is -2.27. The molecule has 1 fully saturated rings. The number of nitrogens with one attached hydrogen (secondary N) is 2. The average Bonchev–Trinajstić information content (AvgIpc) is 2.68. The predicted molar refractivity (Wildman–Crippen MR) is 72.6 cm³/mol. The summed E-state index contributed by atoms with van der Waals surface area (Å²) in [6, 6.07) is 6.54. The summed E-state index contributed by atoms with van der Waals surface area (Å²) >= 11 is 6.06. The lowest BCUT2D eigenvalue weighted by atomic mass is 9.99. The molecule has 1 atom stereocenters. The Labute approximate surface area is 106 Å². The smallest absolute Gasteiger partial charge is 0.0475 e. The fourth-order valence-corrected chi connectivity index (χ4v) is 2.94. The number of hydrogen-bond donors (Lipinski definition) is 2. The topological polar surface area (TPSA) is 27.8 Å². The van der Waals surface area contributed by atoms with E-state index in [0.717, 1.165) is 11.6 Å². The zero-order valence-corrected chi connectivity index (χ0v) is 10.8. The molecule has 1 aliphatic rings. The minimum absolute atomic E-state index is 0.481. The van der Waals surface area contributed by atoms with Crippen LogP contribution in [0.4, 0.5) is 0 Å². The van der Waals surface area contributed by atoms with Crippen molar-refractivity contribution in [2.24, 2.45) is 0 Å². The molecule has 3 rings (SSSR count). The van der Waals surface area contributed by atoms with Gasteiger partial charge in [0.2, 0.25) is 0 Å². The van der Waals surface area contributed by atoms with Crippen LogP contribution in [0.15, 0.2) is 18.2 Å². The number of fused-ring (bicyclic) bond motifs is 1. The highest BCUT2D eigenvalue weighted by Gasteiger charge is 2.19. The van der Waals surface area contributed by atoms with E-state index in [2.05, 4.69) is 29.4 Å². The van der Waals surface area contributed by atoms with Gasteiger partial charge in [-0.25, -0.2) is 0 Å². The molecular formula is C14H17ClN2. The Kier molecular flexibility index (Phi) is 2.85. The summed E-state index contributed by atoms with van der Waals surface area (Å²) < 4.78 is 0. The van der Waals surface area contributed by atoms with Crippen molar-refractivity contribution in [3.8, 4) is 0 Å². The zero-order valence-electron chi connectivity index (χ0n) is 10.0. The molecule has 0 spiro atoms. The van der Waals surface area contributed by atoms with Crippen molar-refractivity contribution in [2.45, 2.75) is 32.2 Å². The van der Waals surface area contributed by atoms with Crippen LogP contribution >= 0.6 is 11.6 Å². The maximum atomic E-state index is 6.06. The first-order valence-corrected chi connectivity index (χ1v) is 6.64.